The summed E-state index contributed by atoms with van der Waals surface area (Å²) in [6, 6.07) is 111. The molecule has 0 spiro atoms. The third-order valence-corrected chi connectivity index (χ3v) is 18.1. The second-order valence-corrected chi connectivity index (χ2v) is 23.7. The van der Waals surface area contributed by atoms with Gasteiger partial charge in [-0.15, -0.1) is 0 Å². The van der Waals surface area contributed by atoms with Crippen LogP contribution >= 0.6 is 0 Å². The maximum absolute atomic E-state index is 5.27. The van der Waals surface area contributed by atoms with E-state index >= 15 is 0 Å². The summed E-state index contributed by atoms with van der Waals surface area (Å²) >= 11 is 0. The second kappa shape index (κ2) is 24.0. The van der Waals surface area contributed by atoms with Crippen molar-refractivity contribution in [3.8, 4) is 135 Å². The predicted molar refractivity (Wildman–Crippen MR) is 388 cm³/mol. The molecule has 0 atom stereocenters. The smallest absolute Gasteiger partial charge is 0.161 e. The lowest BCUT2D eigenvalue weighted by Crippen LogP contribution is -1.97. The number of benzene rings is 13. The molecule has 0 amide bonds. The van der Waals surface area contributed by atoms with Crippen molar-refractivity contribution in [2.24, 2.45) is 0 Å². The first-order valence-corrected chi connectivity index (χ1v) is 31.7. The van der Waals surface area contributed by atoms with Crippen molar-refractivity contribution < 1.29 is 0 Å². The first-order chi connectivity index (χ1) is 46.6. The van der Waals surface area contributed by atoms with Crippen LogP contribution < -0.4 is 0 Å². The van der Waals surface area contributed by atoms with Crippen molar-refractivity contribution in [1.82, 2.24) is 29.9 Å². The molecule has 18 rings (SSSR count). The zero-order valence-electron chi connectivity index (χ0n) is 51.0. The fourth-order valence-electron chi connectivity index (χ4n) is 13.5. The molecule has 1 aliphatic rings. The highest BCUT2D eigenvalue weighted by atomic mass is 14.9. The van der Waals surface area contributed by atoms with Gasteiger partial charge in [0.25, 0.3) is 0 Å². The van der Waals surface area contributed by atoms with Gasteiger partial charge >= 0.3 is 0 Å². The summed E-state index contributed by atoms with van der Waals surface area (Å²) in [4.78, 5) is 29.7. The van der Waals surface area contributed by atoms with E-state index in [0.29, 0.717) is 11.6 Å². The van der Waals surface area contributed by atoms with Crippen LogP contribution in [0.3, 0.4) is 0 Å². The SMILES string of the molecule is c1ccc(-c2cccc(-c3cc(-c4cccc(-c5cccnc5)c4)nc(-c4ccc5c6c(cccc46)-c4ccccc4-5)n3)c2)cc1.c1ccc(-c2cccc(-c3cc(-c4cccc(-c5cccnc5)c4)nc(-c4ccc5c6ccccc6c6ccccc6c5c4)n3)c2)cc1. The average molecular weight is 1200 g/mol. The Morgan fingerprint density at radius 1 is 0.170 bits per heavy atom. The minimum Gasteiger partial charge on any atom is -0.264 e. The van der Waals surface area contributed by atoms with E-state index in [1.807, 2.05) is 36.7 Å². The van der Waals surface area contributed by atoms with Crippen LogP contribution in [0.1, 0.15) is 0 Å². The summed E-state index contributed by atoms with van der Waals surface area (Å²) in [5, 5.41) is 9.84. The number of hydrogen-bond donors (Lipinski definition) is 0. The summed E-state index contributed by atoms with van der Waals surface area (Å²) in [5.41, 5.74) is 23.7. The summed E-state index contributed by atoms with van der Waals surface area (Å²) in [6.07, 6.45) is 7.40. The molecular formula is C88H56N6. The molecule has 0 radical (unpaired) electrons. The molecule has 6 heteroatoms. The third-order valence-electron chi connectivity index (χ3n) is 18.1. The number of hydrogen-bond acceptors (Lipinski definition) is 6. The fourth-order valence-corrected chi connectivity index (χ4v) is 13.5. The molecule has 0 saturated carbocycles. The summed E-state index contributed by atoms with van der Waals surface area (Å²) in [7, 11) is 0. The Bertz CT molecular complexity index is 5470. The first kappa shape index (κ1) is 55.4. The fraction of sp³-hybridized carbons (Fsp3) is 0. The van der Waals surface area contributed by atoms with Crippen LogP contribution in [0, 0.1) is 0 Å². The Labute approximate surface area is 544 Å². The molecule has 13 aromatic carbocycles. The molecule has 438 valence electrons. The van der Waals surface area contributed by atoms with Gasteiger partial charge in [-0.25, -0.2) is 19.9 Å². The lowest BCUT2D eigenvalue weighted by molar-refractivity contribution is 1.18. The standard InChI is InChI=1S/C45H29N3.C43H27N3/c1-2-11-30(12-3-1)31-13-8-15-33(25-31)43-28-44(34-16-9-14-32(26-34)36-17-10-24-46-29-36)48-45(47-43)35-22-23-41-39-20-5-4-18-37(39)38-19-6-7-21-40(38)42(41)27-35;1-2-10-28(11-3-1)29-12-6-14-31(24-29)40-26-41(32-15-7-13-30(25-32)33-16-9-23-44-27-33)46-43(45-40)39-22-21-38-35-18-5-4-17-34(35)36-19-8-20-37(39)42(36)38/h1-29H;1-27H. The molecule has 0 N–H and O–H groups in total. The topological polar surface area (TPSA) is 77.3 Å². The van der Waals surface area contributed by atoms with Crippen LogP contribution in [0.5, 0.6) is 0 Å². The maximum Gasteiger partial charge on any atom is 0.161 e. The van der Waals surface area contributed by atoms with Gasteiger partial charge in [-0.3, -0.25) is 9.97 Å². The minimum absolute atomic E-state index is 0.693. The van der Waals surface area contributed by atoms with E-state index in [9.17, 15) is 0 Å². The van der Waals surface area contributed by atoms with E-state index < -0.39 is 0 Å². The lowest BCUT2D eigenvalue weighted by atomic mass is 9.93. The van der Waals surface area contributed by atoms with Gasteiger partial charge in [0.15, 0.2) is 11.6 Å². The van der Waals surface area contributed by atoms with Crippen molar-refractivity contribution >= 4 is 43.1 Å². The van der Waals surface area contributed by atoms with Crippen LogP contribution in [0.2, 0.25) is 0 Å². The molecule has 6 nitrogen and oxygen atoms in total. The largest absolute Gasteiger partial charge is 0.264 e. The van der Waals surface area contributed by atoms with Gasteiger partial charge in [-0.05, 0) is 159 Å². The van der Waals surface area contributed by atoms with E-state index in [0.717, 1.165) is 94.9 Å². The van der Waals surface area contributed by atoms with Gasteiger partial charge in [0.1, 0.15) is 0 Å². The van der Waals surface area contributed by atoms with Gasteiger partial charge in [0, 0.05) is 69.3 Å². The highest BCUT2D eigenvalue weighted by Crippen LogP contribution is 2.49. The second-order valence-electron chi connectivity index (χ2n) is 23.7. The number of rotatable bonds is 10. The van der Waals surface area contributed by atoms with Gasteiger partial charge in [0.05, 0.1) is 22.8 Å². The van der Waals surface area contributed by atoms with Crippen molar-refractivity contribution in [2.45, 2.75) is 0 Å². The molecule has 17 aromatic rings. The molecule has 4 heterocycles. The third kappa shape index (κ3) is 10.4. The normalized spacial score (nSPS) is 11.4. The highest BCUT2D eigenvalue weighted by molar-refractivity contribution is 6.26. The van der Waals surface area contributed by atoms with Crippen LogP contribution in [0.4, 0.5) is 0 Å². The Hall–Kier alpha value is -12.6. The Morgan fingerprint density at radius 3 is 0.979 bits per heavy atom. The van der Waals surface area contributed by atoms with E-state index in [1.165, 1.54) is 71.1 Å². The molecule has 0 unspecified atom stereocenters. The molecule has 4 aromatic heterocycles. The van der Waals surface area contributed by atoms with Gasteiger partial charge < -0.3 is 0 Å². The molecule has 1 aliphatic carbocycles. The first-order valence-electron chi connectivity index (χ1n) is 31.7. The number of nitrogens with zero attached hydrogens (tertiary/aromatic N) is 6. The van der Waals surface area contributed by atoms with Crippen molar-refractivity contribution in [3.63, 3.8) is 0 Å². The quantitative estimate of drug-likeness (QED) is 0.127. The number of aromatic nitrogens is 6. The van der Waals surface area contributed by atoms with E-state index in [2.05, 4.69) is 301 Å². The molecule has 0 bridgehead atoms. The van der Waals surface area contributed by atoms with Crippen LogP contribution in [0.15, 0.2) is 340 Å². The zero-order valence-corrected chi connectivity index (χ0v) is 51.0. The zero-order chi connectivity index (χ0) is 62.3. The monoisotopic (exact) mass is 1200 g/mol. The predicted octanol–water partition coefficient (Wildman–Crippen LogP) is 22.7. The Balaban J connectivity index is 0.000000143. The van der Waals surface area contributed by atoms with E-state index in [-0.39, 0.29) is 0 Å². The van der Waals surface area contributed by atoms with Crippen LogP contribution in [-0.2, 0) is 0 Å². The van der Waals surface area contributed by atoms with E-state index in [1.54, 1.807) is 12.4 Å². The summed E-state index contributed by atoms with van der Waals surface area (Å²) in [5.74, 6) is 1.41. The number of fused-ring (bicyclic) bond motifs is 9. The van der Waals surface area contributed by atoms with Crippen molar-refractivity contribution in [2.75, 3.05) is 0 Å². The molecule has 0 saturated heterocycles. The molecule has 0 aliphatic heterocycles. The highest BCUT2D eigenvalue weighted by Gasteiger charge is 2.24. The van der Waals surface area contributed by atoms with Gasteiger partial charge in [0.2, 0.25) is 0 Å². The van der Waals surface area contributed by atoms with Gasteiger partial charge in [-0.2, -0.15) is 0 Å². The minimum atomic E-state index is 0.693. The van der Waals surface area contributed by atoms with Crippen LogP contribution in [0.25, 0.3) is 178 Å². The van der Waals surface area contributed by atoms with E-state index in [4.69, 9.17) is 19.9 Å². The molecular weight excluding hydrogens is 1140 g/mol. The summed E-state index contributed by atoms with van der Waals surface area (Å²) in [6.45, 7) is 0. The Kier molecular flexibility index (Phi) is 14.1. The average Bonchev–Trinajstić information content (AvgIpc) is 1.15. The maximum atomic E-state index is 5.27. The summed E-state index contributed by atoms with van der Waals surface area (Å²) < 4.78 is 0. The van der Waals surface area contributed by atoms with Gasteiger partial charge in [-0.1, -0.05) is 255 Å². The van der Waals surface area contributed by atoms with Crippen LogP contribution in [-0.4, -0.2) is 29.9 Å². The van der Waals surface area contributed by atoms with Crippen molar-refractivity contribution in [1.29, 1.82) is 0 Å². The molecule has 94 heavy (non-hydrogen) atoms. The Morgan fingerprint density at radius 2 is 0.511 bits per heavy atom. The molecule has 0 fully saturated rings. The number of pyridine rings is 2. The van der Waals surface area contributed by atoms with Crippen molar-refractivity contribution in [3.05, 3.63) is 340 Å². The lowest BCUT2D eigenvalue weighted by Gasteiger charge is -2.13.